The Kier molecular flexibility index (Phi) is 2.07. The van der Waals surface area contributed by atoms with Crippen molar-refractivity contribution in [1.29, 1.82) is 0 Å². The van der Waals surface area contributed by atoms with Crippen molar-refractivity contribution < 1.29 is 24.2 Å². The standard InChI is InChI=1S/C11H13NO5/c1-3(13)17-9-5-2-4(8(9)14)6-7(5)11(16)12-10(6)15/h4-9,14H,2H2,1H3,(H,12,15,16). The highest BCUT2D eigenvalue weighted by atomic mass is 16.6. The van der Waals surface area contributed by atoms with Gasteiger partial charge in [0.15, 0.2) is 0 Å². The van der Waals surface area contributed by atoms with Crippen LogP contribution >= 0.6 is 0 Å². The highest BCUT2D eigenvalue weighted by Gasteiger charge is 2.66. The number of hydrogen-bond acceptors (Lipinski definition) is 5. The molecular formula is C11H13NO5. The molecule has 2 saturated carbocycles. The molecule has 1 aliphatic heterocycles. The van der Waals surface area contributed by atoms with Crippen LogP contribution in [0.5, 0.6) is 0 Å². The zero-order valence-corrected chi connectivity index (χ0v) is 9.25. The van der Waals surface area contributed by atoms with Crippen molar-refractivity contribution in [2.75, 3.05) is 0 Å². The summed E-state index contributed by atoms with van der Waals surface area (Å²) in [4.78, 5) is 34.2. The number of hydrogen-bond donors (Lipinski definition) is 2. The molecule has 6 unspecified atom stereocenters. The van der Waals surface area contributed by atoms with E-state index in [-0.39, 0.29) is 23.7 Å². The van der Waals surface area contributed by atoms with E-state index in [0.717, 1.165) is 0 Å². The molecule has 0 aromatic carbocycles. The minimum Gasteiger partial charge on any atom is -0.459 e. The van der Waals surface area contributed by atoms with Crippen LogP contribution in [0.1, 0.15) is 13.3 Å². The SMILES string of the molecule is CC(=O)OC1C(O)C2CC1C1C(=O)NC(=O)C21. The molecule has 2 aliphatic carbocycles. The second-order valence-corrected chi connectivity index (χ2v) is 5.03. The molecule has 6 atom stereocenters. The van der Waals surface area contributed by atoms with Crippen LogP contribution in [-0.2, 0) is 19.1 Å². The fourth-order valence-electron chi connectivity index (χ4n) is 3.68. The molecule has 0 spiro atoms. The maximum atomic E-state index is 11.6. The monoisotopic (exact) mass is 239 g/mol. The molecule has 0 radical (unpaired) electrons. The lowest BCUT2D eigenvalue weighted by molar-refractivity contribution is -0.161. The summed E-state index contributed by atoms with van der Waals surface area (Å²) in [5.41, 5.74) is 0. The zero-order valence-electron chi connectivity index (χ0n) is 9.25. The van der Waals surface area contributed by atoms with E-state index < -0.39 is 30.0 Å². The van der Waals surface area contributed by atoms with Crippen LogP contribution in [0.25, 0.3) is 0 Å². The molecule has 6 heteroatoms. The molecule has 3 rings (SSSR count). The van der Waals surface area contributed by atoms with Crippen molar-refractivity contribution in [2.24, 2.45) is 23.7 Å². The number of imide groups is 1. The van der Waals surface area contributed by atoms with Gasteiger partial charge in [0.05, 0.1) is 17.9 Å². The van der Waals surface area contributed by atoms with Gasteiger partial charge >= 0.3 is 5.97 Å². The lowest BCUT2D eigenvalue weighted by atomic mass is 9.78. The number of carbonyl (C=O) groups excluding carboxylic acids is 3. The molecule has 3 fully saturated rings. The maximum absolute atomic E-state index is 11.6. The van der Waals surface area contributed by atoms with E-state index in [2.05, 4.69) is 5.32 Å². The third kappa shape index (κ3) is 1.27. The maximum Gasteiger partial charge on any atom is 0.303 e. The second-order valence-electron chi connectivity index (χ2n) is 5.03. The average Bonchev–Trinajstić information content (AvgIpc) is 2.82. The summed E-state index contributed by atoms with van der Waals surface area (Å²) in [6.07, 6.45) is -0.898. The van der Waals surface area contributed by atoms with E-state index in [4.69, 9.17) is 4.74 Å². The summed E-state index contributed by atoms with van der Waals surface area (Å²) in [5, 5.41) is 12.3. The Morgan fingerprint density at radius 2 is 1.88 bits per heavy atom. The second kappa shape index (κ2) is 3.29. The summed E-state index contributed by atoms with van der Waals surface area (Å²) in [6, 6.07) is 0. The molecule has 0 aromatic rings. The van der Waals surface area contributed by atoms with E-state index in [1.807, 2.05) is 0 Å². The number of aliphatic hydroxyl groups excluding tert-OH is 1. The molecule has 1 saturated heterocycles. The van der Waals surface area contributed by atoms with Gasteiger partial charge in [-0.2, -0.15) is 0 Å². The van der Waals surface area contributed by atoms with Crippen LogP contribution in [0.3, 0.4) is 0 Å². The van der Waals surface area contributed by atoms with Crippen molar-refractivity contribution in [3.8, 4) is 0 Å². The van der Waals surface area contributed by atoms with Gasteiger partial charge in [0, 0.05) is 18.8 Å². The molecule has 92 valence electrons. The predicted octanol–water partition coefficient (Wildman–Crippen LogP) is -1.18. The molecule has 1 heterocycles. The van der Waals surface area contributed by atoms with E-state index in [1.54, 1.807) is 0 Å². The summed E-state index contributed by atoms with van der Waals surface area (Å²) in [6.45, 7) is 1.27. The highest BCUT2D eigenvalue weighted by molar-refractivity contribution is 6.06. The smallest absolute Gasteiger partial charge is 0.303 e. The number of aliphatic hydroxyl groups is 1. The summed E-state index contributed by atoms with van der Waals surface area (Å²) in [7, 11) is 0. The minimum absolute atomic E-state index is 0.227. The first-order chi connectivity index (χ1) is 8.00. The summed E-state index contributed by atoms with van der Waals surface area (Å²) in [5.74, 6) is -2.42. The summed E-state index contributed by atoms with van der Waals surface area (Å²) < 4.78 is 5.07. The Morgan fingerprint density at radius 1 is 1.29 bits per heavy atom. The van der Waals surface area contributed by atoms with Gasteiger partial charge in [-0.05, 0) is 6.42 Å². The van der Waals surface area contributed by atoms with Gasteiger partial charge in [-0.1, -0.05) is 0 Å². The lowest BCUT2D eigenvalue weighted by Gasteiger charge is -2.32. The van der Waals surface area contributed by atoms with Gasteiger partial charge in [-0.3, -0.25) is 19.7 Å². The predicted molar refractivity (Wildman–Crippen MR) is 53.3 cm³/mol. The number of fused-ring (bicyclic) bond motifs is 5. The van der Waals surface area contributed by atoms with E-state index >= 15 is 0 Å². The first-order valence-electron chi connectivity index (χ1n) is 5.70. The Morgan fingerprint density at radius 3 is 2.47 bits per heavy atom. The van der Waals surface area contributed by atoms with Gasteiger partial charge in [-0.15, -0.1) is 0 Å². The molecule has 0 aromatic heterocycles. The molecular weight excluding hydrogens is 226 g/mol. The first kappa shape index (κ1) is 10.7. The van der Waals surface area contributed by atoms with E-state index in [0.29, 0.717) is 6.42 Å². The summed E-state index contributed by atoms with van der Waals surface area (Å²) >= 11 is 0. The van der Waals surface area contributed by atoms with Gasteiger partial charge < -0.3 is 9.84 Å². The number of rotatable bonds is 1. The molecule has 2 bridgehead atoms. The topological polar surface area (TPSA) is 92.7 Å². The minimum atomic E-state index is -0.832. The number of nitrogens with one attached hydrogen (secondary N) is 1. The normalized spacial score (nSPS) is 46.9. The fourth-order valence-corrected chi connectivity index (χ4v) is 3.68. The highest BCUT2D eigenvalue weighted by Crippen LogP contribution is 2.55. The third-order valence-electron chi connectivity index (χ3n) is 4.20. The number of carbonyl (C=O) groups is 3. The largest absolute Gasteiger partial charge is 0.459 e. The van der Waals surface area contributed by atoms with Crippen LogP contribution in [-0.4, -0.2) is 35.1 Å². The zero-order chi connectivity index (χ0) is 12.3. The van der Waals surface area contributed by atoms with Crippen molar-refractivity contribution >= 4 is 17.8 Å². The molecule has 2 N–H and O–H groups in total. The Hall–Kier alpha value is -1.43. The third-order valence-corrected chi connectivity index (χ3v) is 4.20. The van der Waals surface area contributed by atoms with E-state index in [9.17, 15) is 19.5 Å². The fraction of sp³-hybridized carbons (Fsp3) is 0.727. The number of amides is 2. The van der Waals surface area contributed by atoms with Crippen LogP contribution < -0.4 is 5.32 Å². The molecule has 17 heavy (non-hydrogen) atoms. The van der Waals surface area contributed by atoms with Crippen LogP contribution in [0.15, 0.2) is 0 Å². The average molecular weight is 239 g/mol. The van der Waals surface area contributed by atoms with Crippen LogP contribution in [0.2, 0.25) is 0 Å². The van der Waals surface area contributed by atoms with Gasteiger partial charge in [0.1, 0.15) is 6.10 Å². The van der Waals surface area contributed by atoms with Crippen LogP contribution in [0, 0.1) is 23.7 Å². The van der Waals surface area contributed by atoms with Gasteiger partial charge in [-0.25, -0.2) is 0 Å². The van der Waals surface area contributed by atoms with Crippen molar-refractivity contribution in [1.82, 2.24) is 5.32 Å². The van der Waals surface area contributed by atoms with Crippen LogP contribution in [0.4, 0.5) is 0 Å². The van der Waals surface area contributed by atoms with Crippen molar-refractivity contribution in [3.63, 3.8) is 0 Å². The molecule has 6 nitrogen and oxygen atoms in total. The van der Waals surface area contributed by atoms with E-state index in [1.165, 1.54) is 6.92 Å². The first-order valence-corrected chi connectivity index (χ1v) is 5.70. The van der Waals surface area contributed by atoms with Gasteiger partial charge in [0.2, 0.25) is 11.8 Å². The number of ether oxygens (including phenoxy) is 1. The van der Waals surface area contributed by atoms with Crippen molar-refractivity contribution in [2.45, 2.75) is 25.6 Å². The molecule has 3 aliphatic rings. The Balaban J connectivity index is 1.90. The van der Waals surface area contributed by atoms with Gasteiger partial charge in [0.25, 0.3) is 0 Å². The van der Waals surface area contributed by atoms with Crippen molar-refractivity contribution in [3.05, 3.63) is 0 Å². The molecule has 2 amide bonds. The Labute approximate surface area is 97.3 Å². The number of esters is 1. The Bertz CT molecular complexity index is 420. The lowest BCUT2D eigenvalue weighted by Crippen LogP contribution is -2.45. The quantitative estimate of drug-likeness (QED) is 0.443.